The molecule has 0 aromatic heterocycles. The van der Waals surface area contributed by atoms with Gasteiger partial charge in [0, 0.05) is 12.1 Å². The smallest absolute Gasteiger partial charge is 0.326 e. The third kappa shape index (κ3) is 3.48. The van der Waals surface area contributed by atoms with Crippen LogP contribution in [0.1, 0.15) is 47.0 Å². The Labute approximate surface area is 117 Å². The third-order valence-corrected chi connectivity index (χ3v) is 4.76. The number of carbonyl (C=O) groups is 1. The highest BCUT2D eigenvalue weighted by atomic mass is 16.5. The highest BCUT2D eigenvalue weighted by Gasteiger charge is 2.47. The molecule has 1 saturated carbocycles. The molecule has 3 unspecified atom stereocenters. The molecule has 4 nitrogen and oxygen atoms in total. The maximum atomic E-state index is 12.1. The van der Waals surface area contributed by atoms with Gasteiger partial charge in [-0.2, -0.15) is 0 Å². The largest absolute Gasteiger partial charge is 0.468 e. The molecular weight excluding hydrogens is 240 g/mol. The fourth-order valence-electron chi connectivity index (χ4n) is 3.12. The van der Waals surface area contributed by atoms with Gasteiger partial charge in [0.05, 0.1) is 7.11 Å². The average molecular weight is 270 g/mol. The summed E-state index contributed by atoms with van der Waals surface area (Å²) in [5.74, 6) is 0.514. The summed E-state index contributed by atoms with van der Waals surface area (Å²) in [6.07, 6.45) is 2.77. The van der Waals surface area contributed by atoms with E-state index < -0.39 is 5.54 Å². The van der Waals surface area contributed by atoms with Crippen molar-refractivity contribution in [1.82, 2.24) is 10.2 Å². The van der Waals surface area contributed by atoms with Crippen molar-refractivity contribution in [2.24, 2.45) is 5.92 Å². The lowest BCUT2D eigenvalue weighted by atomic mass is 9.96. The molecule has 0 aliphatic heterocycles. The van der Waals surface area contributed by atoms with Gasteiger partial charge in [-0.15, -0.1) is 0 Å². The molecule has 4 heteroatoms. The third-order valence-electron chi connectivity index (χ3n) is 4.76. The first-order valence-corrected chi connectivity index (χ1v) is 7.43. The summed E-state index contributed by atoms with van der Waals surface area (Å²) in [6.45, 7) is 9.59. The number of hydrogen-bond acceptors (Lipinski definition) is 4. The van der Waals surface area contributed by atoms with Gasteiger partial charge >= 0.3 is 5.97 Å². The number of ether oxygens (including phenoxy) is 1. The monoisotopic (exact) mass is 270 g/mol. The first-order valence-electron chi connectivity index (χ1n) is 7.43. The molecule has 0 aromatic carbocycles. The number of nitrogens with zero attached hydrogens (tertiary/aromatic N) is 1. The van der Waals surface area contributed by atoms with Crippen LogP contribution in [0.3, 0.4) is 0 Å². The van der Waals surface area contributed by atoms with Crippen LogP contribution in [0.2, 0.25) is 0 Å². The lowest BCUT2D eigenvalue weighted by molar-refractivity contribution is -0.148. The summed E-state index contributed by atoms with van der Waals surface area (Å²) in [4.78, 5) is 14.5. The van der Waals surface area contributed by atoms with Gasteiger partial charge < -0.3 is 15.0 Å². The molecule has 112 valence electrons. The summed E-state index contributed by atoms with van der Waals surface area (Å²) in [7, 11) is 3.66. The molecule has 1 rings (SSSR count). The van der Waals surface area contributed by atoms with Crippen LogP contribution in [0.5, 0.6) is 0 Å². The van der Waals surface area contributed by atoms with Crippen molar-refractivity contribution in [3.63, 3.8) is 0 Å². The molecule has 0 spiro atoms. The highest BCUT2D eigenvalue weighted by Crippen LogP contribution is 2.35. The summed E-state index contributed by atoms with van der Waals surface area (Å²) in [6, 6.07) is 0.982. The molecular formula is C15H30N2O2. The molecule has 0 amide bonds. The number of esters is 1. The number of carbonyl (C=O) groups excluding carboxylic acids is 1. The minimum atomic E-state index is -0.473. The maximum absolute atomic E-state index is 12.1. The predicted octanol–water partition coefficient (Wildman–Crippen LogP) is 2.04. The van der Waals surface area contributed by atoms with E-state index in [1.54, 1.807) is 0 Å². The molecule has 0 aromatic rings. The second kappa shape index (κ2) is 6.71. The van der Waals surface area contributed by atoms with E-state index in [0.717, 1.165) is 25.8 Å². The Morgan fingerprint density at radius 2 is 2.11 bits per heavy atom. The van der Waals surface area contributed by atoms with Crippen molar-refractivity contribution in [1.29, 1.82) is 0 Å². The van der Waals surface area contributed by atoms with E-state index in [0.29, 0.717) is 18.0 Å². The molecule has 19 heavy (non-hydrogen) atoms. The average Bonchev–Trinajstić information content (AvgIpc) is 2.81. The second-order valence-electron chi connectivity index (χ2n) is 6.15. The van der Waals surface area contributed by atoms with Gasteiger partial charge in [-0.25, -0.2) is 0 Å². The van der Waals surface area contributed by atoms with E-state index in [9.17, 15) is 4.79 Å². The molecule has 0 bridgehead atoms. The van der Waals surface area contributed by atoms with Gasteiger partial charge in [-0.05, 0) is 45.7 Å². The second-order valence-corrected chi connectivity index (χ2v) is 6.15. The number of likely N-dealkylation sites (N-methyl/N-ethyl adjacent to an activating group) is 1. The number of methoxy groups -OCH3 is 1. The molecule has 1 N–H and O–H groups in total. The van der Waals surface area contributed by atoms with E-state index in [4.69, 9.17) is 4.74 Å². The van der Waals surface area contributed by atoms with Crippen LogP contribution < -0.4 is 5.32 Å². The lowest BCUT2D eigenvalue weighted by Gasteiger charge is -2.34. The summed E-state index contributed by atoms with van der Waals surface area (Å²) < 4.78 is 5.01. The molecule has 1 aliphatic rings. The Hall–Kier alpha value is -0.610. The Balaban J connectivity index is 2.76. The Morgan fingerprint density at radius 3 is 2.58 bits per heavy atom. The van der Waals surface area contributed by atoms with Gasteiger partial charge in [0.2, 0.25) is 0 Å². The van der Waals surface area contributed by atoms with Gasteiger partial charge in [-0.3, -0.25) is 4.79 Å². The van der Waals surface area contributed by atoms with E-state index in [1.165, 1.54) is 7.11 Å². The summed E-state index contributed by atoms with van der Waals surface area (Å²) in [5, 5.41) is 3.36. The van der Waals surface area contributed by atoms with Gasteiger partial charge in [0.1, 0.15) is 5.54 Å². The number of rotatable bonds is 6. The zero-order chi connectivity index (χ0) is 14.6. The molecule has 3 atom stereocenters. The van der Waals surface area contributed by atoms with Crippen LogP contribution in [0.4, 0.5) is 0 Å². The van der Waals surface area contributed by atoms with Crippen molar-refractivity contribution in [2.45, 2.75) is 64.6 Å². The number of nitrogens with one attached hydrogen (secondary N) is 1. The van der Waals surface area contributed by atoms with Crippen molar-refractivity contribution in [3.8, 4) is 0 Å². The van der Waals surface area contributed by atoms with Crippen LogP contribution in [0, 0.1) is 5.92 Å². The van der Waals surface area contributed by atoms with Crippen molar-refractivity contribution in [2.75, 3.05) is 20.7 Å². The zero-order valence-corrected chi connectivity index (χ0v) is 13.3. The molecule has 0 saturated heterocycles. The van der Waals surface area contributed by atoms with Crippen molar-refractivity contribution in [3.05, 3.63) is 0 Å². The first kappa shape index (κ1) is 16.4. The van der Waals surface area contributed by atoms with Crippen LogP contribution in [0.15, 0.2) is 0 Å². The Morgan fingerprint density at radius 1 is 1.47 bits per heavy atom. The van der Waals surface area contributed by atoms with E-state index in [-0.39, 0.29) is 5.97 Å². The van der Waals surface area contributed by atoms with Crippen LogP contribution in [-0.4, -0.2) is 49.2 Å². The van der Waals surface area contributed by atoms with E-state index in [2.05, 4.69) is 38.0 Å². The molecule has 0 heterocycles. The Kier molecular flexibility index (Phi) is 5.81. The SMILES string of the molecule is CCNC1(C(=O)OC)CCC(N(C)C(C)C(C)C)C1. The first-order chi connectivity index (χ1) is 8.88. The van der Waals surface area contributed by atoms with Crippen LogP contribution >= 0.6 is 0 Å². The normalized spacial score (nSPS) is 28.9. The Bertz CT molecular complexity index is 307. The minimum Gasteiger partial charge on any atom is -0.468 e. The van der Waals surface area contributed by atoms with E-state index in [1.807, 2.05) is 6.92 Å². The van der Waals surface area contributed by atoms with E-state index >= 15 is 0 Å². The topological polar surface area (TPSA) is 41.6 Å². The maximum Gasteiger partial charge on any atom is 0.326 e. The molecule has 1 fully saturated rings. The van der Waals surface area contributed by atoms with Gasteiger partial charge in [0.15, 0.2) is 0 Å². The predicted molar refractivity (Wildman–Crippen MR) is 78.1 cm³/mol. The van der Waals surface area contributed by atoms with Crippen LogP contribution in [-0.2, 0) is 9.53 Å². The zero-order valence-electron chi connectivity index (χ0n) is 13.3. The fraction of sp³-hybridized carbons (Fsp3) is 0.933. The summed E-state index contributed by atoms with van der Waals surface area (Å²) >= 11 is 0. The van der Waals surface area contributed by atoms with Gasteiger partial charge in [0.25, 0.3) is 0 Å². The van der Waals surface area contributed by atoms with Crippen molar-refractivity contribution < 1.29 is 9.53 Å². The molecule has 1 aliphatic carbocycles. The highest BCUT2D eigenvalue weighted by molar-refractivity contribution is 5.81. The number of hydrogen-bond donors (Lipinski definition) is 1. The van der Waals surface area contributed by atoms with Crippen LogP contribution in [0.25, 0.3) is 0 Å². The standard InChI is InChI=1S/C15H30N2O2/c1-7-16-15(14(18)19-6)9-8-13(10-15)17(5)12(4)11(2)3/h11-13,16H,7-10H2,1-6H3. The van der Waals surface area contributed by atoms with Gasteiger partial charge in [-0.1, -0.05) is 20.8 Å². The van der Waals surface area contributed by atoms with Crippen molar-refractivity contribution >= 4 is 5.97 Å². The quantitative estimate of drug-likeness (QED) is 0.750. The fourth-order valence-corrected chi connectivity index (χ4v) is 3.12. The summed E-state index contributed by atoms with van der Waals surface area (Å²) in [5.41, 5.74) is -0.473. The lowest BCUT2D eigenvalue weighted by Crippen LogP contribution is -2.52. The molecule has 0 radical (unpaired) electrons. The minimum absolute atomic E-state index is 0.109.